The Kier molecular flexibility index (Phi) is 6.14. The van der Waals surface area contributed by atoms with Gasteiger partial charge in [-0.3, -0.25) is 0 Å². The van der Waals surface area contributed by atoms with Gasteiger partial charge >= 0.3 is 0 Å². The molecule has 0 atom stereocenters. The molecular formula is C28H28N2. The van der Waals surface area contributed by atoms with Gasteiger partial charge in [0.1, 0.15) is 0 Å². The van der Waals surface area contributed by atoms with Gasteiger partial charge in [-0.25, -0.2) is 0 Å². The van der Waals surface area contributed by atoms with Crippen LogP contribution in [0.5, 0.6) is 0 Å². The number of rotatable bonds is 7. The minimum absolute atomic E-state index is 1.02. The van der Waals surface area contributed by atoms with Crippen LogP contribution in [-0.4, -0.2) is 0 Å². The van der Waals surface area contributed by atoms with Crippen molar-refractivity contribution in [3.63, 3.8) is 0 Å². The predicted molar refractivity (Wildman–Crippen MR) is 130 cm³/mol. The Morgan fingerprint density at radius 2 is 0.833 bits per heavy atom. The molecule has 0 aliphatic heterocycles. The van der Waals surface area contributed by atoms with Gasteiger partial charge in [-0.05, 0) is 71.5 Å². The van der Waals surface area contributed by atoms with Crippen molar-refractivity contribution in [3.05, 3.63) is 108 Å². The van der Waals surface area contributed by atoms with Crippen LogP contribution in [-0.2, 0) is 12.8 Å². The second-order valence-electron chi connectivity index (χ2n) is 7.43. The molecule has 4 aromatic carbocycles. The van der Waals surface area contributed by atoms with Gasteiger partial charge in [0.2, 0.25) is 0 Å². The van der Waals surface area contributed by atoms with Gasteiger partial charge in [-0.15, -0.1) is 0 Å². The van der Waals surface area contributed by atoms with Crippen molar-refractivity contribution >= 4 is 22.7 Å². The predicted octanol–water partition coefficient (Wildman–Crippen LogP) is 7.97. The molecule has 4 aromatic rings. The number of aryl methyl sites for hydroxylation is 2. The standard InChI is InChI=1S/C28H28N2/c1-3-21-9-5-7-11-27(21)29-25-17-13-23(14-18-25)24-15-19-26(20-16-24)30-28-12-8-6-10-22(28)4-2/h5-20,29-30H,3-4H2,1-2H3. The van der Waals surface area contributed by atoms with Gasteiger partial charge in [-0.1, -0.05) is 74.5 Å². The highest BCUT2D eigenvalue weighted by Crippen LogP contribution is 2.27. The van der Waals surface area contributed by atoms with Crippen LogP contribution in [0.4, 0.5) is 22.7 Å². The normalized spacial score (nSPS) is 10.6. The van der Waals surface area contributed by atoms with E-state index in [9.17, 15) is 0 Å². The lowest BCUT2D eigenvalue weighted by Crippen LogP contribution is -1.95. The molecule has 0 radical (unpaired) electrons. The van der Waals surface area contributed by atoms with E-state index in [4.69, 9.17) is 0 Å². The zero-order chi connectivity index (χ0) is 20.8. The molecule has 4 rings (SSSR count). The molecule has 0 bridgehead atoms. The summed E-state index contributed by atoms with van der Waals surface area (Å²) in [4.78, 5) is 0. The van der Waals surface area contributed by atoms with E-state index in [0.29, 0.717) is 0 Å². The van der Waals surface area contributed by atoms with E-state index in [-0.39, 0.29) is 0 Å². The van der Waals surface area contributed by atoms with Crippen LogP contribution in [0.1, 0.15) is 25.0 Å². The Bertz CT molecular complexity index is 1010. The van der Waals surface area contributed by atoms with E-state index in [0.717, 1.165) is 24.2 Å². The molecule has 0 saturated heterocycles. The molecule has 0 saturated carbocycles. The zero-order valence-electron chi connectivity index (χ0n) is 17.7. The van der Waals surface area contributed by atoms with Gasteiger partial charge in [0.25, 0.3) is 0 Å². The summed E-state index contributed by atoms with van der Waals surface area (Å²) in [5.74, 6) is 0. The maximum Gasteiger partial charge on any atom is 0.0416 e. The Morgan fingerprint density at radius 3 is 1.20 bits per heavy atom. The van der Waals surface area contributed by atoms with Crippen molar-refractivity contribution in [2.45, 2.75) is 26.7 Å². The summed E-state index contributed by atoms with van der Waals surface area (Å²) < 4.78 is 0. The number of hydrogen-bond donors (Lipinski definition) is 2. The van der Waals surface area contributed by atoms with E-state index in [2.05, 4.69) is 122 Å². The first-order chi connectivity index (χ1) is 14.8. The highest BCUT2D eigenvalue weighted by molar-refractivity contribution is 5.72. The summed E-state index contributed by atoms with van der Waals surface area (Å²) in [5.41, 5.74) is 9.65. The minimum atomic E-state index is 1.02. The Balaban J connectivity index is 1.47. The summed E-state index contributed by atoms with van der Waals surface area (Å²) in [6, 6.07) is 34.2. The molecule has 0 amide bonds. The highest BCUT2D eigenvalue weighted by Gasteiger charge is 2.04. The van der Waals surface area contributed by atoms with Crippen LogP contribution >= 0.6 is 0 Å². The monoisotopic (exact) mass is 392 g/mol. The lowest BCUT2D eigenvalue weighted by atomic mass is 10.0. The van der Waals surface area contributed by atoms with E-state index in [1.54, 1.807) is 0 Å². The van der Waals surface area contributed by atoms with E-state index in [1.807, 2.05) is 0 Å². The van der Waals surface area contributed by atoms with Crippen molar-refractivity contribution in [1.82, 2.24) is 0 Å². The van der Waals surface area contributed by atoms with Crippen LogP contribution in [0, 0.1) is 0 Å². The number of para-hydroxylation sites is 2. The Hall–Kier alpha value is -3.52. The quantitative estimate of drug-likeness (QED) is 0.333. The average Bonchev–Trinajstić information content (AvgIpc) is 2.81. The SMILES string of the molecule is CCc1ccccc1Nc1ccc(-c2ccc(Nc3ccccc3CC)cc2)cc1. The van der Waals surface area contributed by atoms with Crippen molar-refractivity contribution < 1.29 is 0 Å². The van der Waals surface area contributed by atoms with Crippen LogP contribution in [0.3, 0.4) is 0 Å². The molecule has 0 spiro atoms. The molecule has 0 aliphatic rings. The third-order valence-corrected chi connectivity index (χ3v) is 5.46. The third-order valence-electron chi connectivity index (χ3n) is 5.46. The molecule has 0 heterocycles. The topological polar surface area (TPSA) is 24.1 Å². The second-order valence-corrected chi connectivity index (χ2v) is 7.43. The number of hydrogen-bond acceptors (Lipinski definition) is 2. The van der Waals surface area contributed by atoms with Gasteiger partial charge in [0.05, 0.1) is 0 Å². The van der Waals surface area contributed by atoms with Gasteiger partial charge in [0, 0.05) is 22.7 Å². The van der Waals surface area contributed by atoms with Crippen molar-refractivity contribution in [1.29, 1.82) is 0 Å². The first-order valence-corrected chi connectivity index (χ1v) is 10.7. The third kappa shape index (κ3) is 4.55. The fourth-order valence-corrected chi connectivity index (χ4v) is 3.70. The molecule has 0 fully saturated rings. The number of benzene rings is 4. The summed E-state index contributed by atoms with van der Waals surface area (Å²) >= 11 is 0. The Labute approximate surface area is 179 Å². The van der Waals surface area contributed by atoms with Crippen LogP contribution in [0.15, 0.2) is 97.1 Å². The maximum atomic E-state index is 3.54. The molecule has 30 heavy (non-hydrogen) atoms. The fourth-order valence-electron chi connectivity index (χ4n) is 3.70. The minimum Gasteiger partial charge on any atom is -0.355 e. The molecular weight excluding hydrogens is 364 g/mol. The summed E-state index contributed by atoms with van der Waals surface area (Å²) in [5, 5.41) is 7.08. The largest absolute Gasteiger partial charge is 0.355 e. The van der Waals surface area contributed by atoms with Crippen molar-refractivity contribution in [2.24, 2.45) is 0 Å². The first kappa shape index (κ1) is 19.8. The smallest absolute Gasteiger partial charge is 0.0416 e. The fraction of sp³-hybridized carbons (Fsp3) is 0.143. The molecule has 0 unspecified atom stereocenters. The molecule has 2 heteroatoms. The highest BCUT2D eigenvalue weighted by atomic mass is 14.9. The molecule has 150 valence electrons. The van der Waals surface area contributed by atoms with E-state index in [1.165, 1.54) is 33.6 Å². The summed E-state index contributed by atoms with van der Waals surface area (Å²) in [6.45, 7) is 4.37. The van der Waals surface area contributed by atoms with Gasteiger partial charge in [0.15, 0.2) is 0 Å². The maximum absolute atomic E-state index is 3.54. The second kappa shape index (κ2) is 9.32. The van der Waals surface area contributed by atoms with Crippen molar-refractivity contribution in [2.75, 3.05) is 10.6 Å². The number of anilines is 4. The molecule has 2 N–H and O–H groups in total. The summed E-state index contributed by atoms with van der Waals surface area (Å²) in [6.07, 6.45) is 2.04. The van der Waals surface area contributed by atoms with Gasteiger partial charge in [-0.2, -0.15) is 0 Å². The van der Waals surface area contributed by atoms with E-state index >= 15 is 0 Å². The zero-order valence-corrected chi connectivity index (χ0v) is 17.7. The van der Waals surface area contributed by atoms with Crippen molar-refractivity contribution in [3.8, 4) is 11.1 Å². The molecule has 0 aliphatic carbocycles. The average molecular weight is 393 g/mol. The lowest BCUT2D eigenvalue weighted by molar-refractivity contribution is 1.14. The summed E-state index contributed by atoms with van der Waals surface area (Å²) in [7, 11) is 0. The lowest BCUT2D eigenvalue weighted by Gasteiger charge is -2.12. The van der Waals surface area contributed by atoms with Crippen LogP contribution in [0.25, 0.3) is 11.1 Å². The first-order valence-electron chi connectivity index (χ1n) is 10.7. The Morgan fingerprint density at radius 1 is 0.467 bits per heavy atom. The van der Waals surface area contributed by atoms with E-state index < -0.39 is 0 Å². The van der Waals surface area contributed by atoms with Gasteiger partial charge < -0.3 is 10.6 Å². The number of nitrogens with one attached hydrogen (secondary N) is 2. The van der Waals surface area contributed by atoms with Crippen LogP contribution < -0.4 is 10.6 Å². The molecule has 2 nitrogen and oxygen atoms in total. The molecule has 0 aromatic heterocycles. The van der Waals surface area contributed by atoms with Crippen LogP contribution in [0.2, 0.25) is 0 Å².